The van der Waals surface area contributed by atoms with E-state index in [1.807, 2.05) is 13.8 Å². The van der Waals surface area contributed by atoms with Crippen LogP contribution in [0, 0.1) is 17.3 Å². The molecule has 1 N–H and O–H groups in total. The smallest absolute Gasteiger partial charge is 0.307 e. The van der Waals surface area contributed by atoms with Gasteiger partial charge in [0.1, 0.15) is 6.29 Å². The number of carboxylic acid groups (broad SMARTS) is 1. The molecule has 12 heavy (non-hydrogen) atoms. The van der Waals surface area contributed by atoms with Crippen molar-refractivity contribution >= 4 is 12.3 Å². The molecule has 2 atom stereocenters. The third kappa shape index (κ3) is 1.24. The first-order valence-corrected chi connectivity index (χ1v) is 4.18. The van der Waals surface area contributed by atoms with Crippen molar-refractivity contribution in [3.8, 4) is 0 Å². The van der Waals surface area contributed by atoms with Gasteiger partial charge in [-0.25, -0.2) is 0 Å². The average molecular weight is 170 g/mol. The largest absolute Gasteiger partial charge is 0.481 e. The maximum Gasteiger partial charge on any atom is 0.307 e. The normalized spacial score (nSPS) is 33.2. The van der Waals surface area contributed by atoms with Gasteiger partial charge in [0.15, 0.2) is 0 Å². The van der Waals surface area contributed by atoms with E-state index in [0.717, 1.165) is 6.29 Å². The van der Waals surface area contributed by atoms with Crippen molar-refractivity contribution in [2.75, 3.05) is 0 Å². The van der Waals surface area contributed by atoms with Gasteiger partial charge in [-0.2, -0.15) is 0 Å². The van der Waals surface area contributed by atoms with Gasteiger partial charge in [0.25, 0.3) is 0 Å². The monoisotopic (exact) mass is 170 g/mol. The third-order valence-corrected chi connectivity index (χ3v) is 3.08. The molecule has 0 aromatic heterocycles. The van der Waals surface area contributed by atoms with Crippen LogP contribution in [0.1, 0.15) is 26.7 Å². The topological polar surface area (TPSA) is 54.4 Å². The Bertz CT molecular complexity index is 208. The molecule has 3 nitrogen and oxygen atoms in total. The Morgan fingerprint density at radius 2 is 2.08 bits per heavy atom. The van der Waals surface area contributed by atoms with Crippen molar-refractivity contribution in [2.24, 2.45) is 17.3 Å². The average Bonchev–Trinajstić information content (AvgIpc) is 2.24. The quantitative estimate of drug-likeness (QED) is 0.636. The zero-order valence-electron chi connectivity index (χ0n) is 7.41. The van der Waals surface area contributed by atoms with Crippen LogP contribution in [0.4, 0.5) is 0 Å². The molecule has 3 heteroatoms. The Labute approximate surface area is 71.8 Å². The minimum atomic E-state index is -0.774. The van der Waals surface area contributed by atoms with E-state index in [1.165, 1.54) is 0 Å². The van der Waals surface area contributed by atoms with Crippen LogP contribution in [0.5, 0.6) is 0 Å². The second-order valence-electron chi connectivity index (χ2n) is 4.03. The SMILES string of the molecule is CC1(C)C(C=O)CCC1C(=O)O. The summed E-state index contributed by atoms with van der Waals surface area (Å²) < 4.78 is 0. The summed E-state index contributed by atoms with van der Waals surface area (Å²) in [4.78, 5) is 21.4. The van der Waals surface area contributed by atoms with Crippen LogP contribution in [0.3, 0.4) is 0 Å². The molecule has 0 radical (unpaired) electrons. The first-order valence-electron chi connectivity index (χ1n) is 4.18. The fourth-order valence-corrected chi connectivity index (χ4v) is 2.03. The summed E-state index contributed by atoms with van der Waals surface area (Å²) in [5.41, 5.74) is -0.367. The van der Waals surface area contributed by atoms with E-state index in [1.54, 1.807) is 0 Å². The molecule has 68 valence electrons. The van der Waals surface area contributed by atoms with E-state index in [0.29, 0.717) is 12.8 Å². The highest BCUT2D eigenvalue weighted by Crippen LogP contribution is 2.46. The minimum absolute atomic E-state index is 0.0846. The molecular weight excluding hydrogens is 156 g/mol. The van der Waals surface area contributed by atoms with Gasteiger partial charge in [-0.05, 0) is 18.3 Å². The second kappa shape index (κ2) is 2.88. The number of carboxylic acids is 1. The molecule has 1 fully saturated rings. The fraction of sp³-hybridized carbons (Fsp3) is 0.778. The molecule has 0 heterocycles. The predicted molar refractivity (Wildman–Crippen MR) is 43.7 cm³/mol. The zero-order valence-corrected chi connectivity index (χ0v) is 7.41. The van der Waals surface area contributed by atoms with E-state index < -0.39 is 5.97 Å². The highest BCUT2D eigenvalue weighted by Gasteiger charge is 2.46. The molecule has 1 saturated carbocycles. The summed E-state index contributed by atoms with van der Waals surface area (Å²) in [5.74, 6) is -1.21. The standard InChI is InChI=1S/C9H14O3/c1-9(2)6(5-10)3-4-7(9)8(11)12/h5-7H,3-4H2,1-2H3,(H,11,12). The lowest BCUT2D eigenvalue weighted by molar-refractivity contribution is -0.145. The first-order chi connectivity index (χ1) is 5.50. The number of hydrogen-bond acceptors (Lipinski definition) is 2. The second-order valence-corrected chi connectivity index (χ2v) is 4.03. The Balaban J connectivity index is 2.84. The summed E-state index contributed by atoms with van der Waals surface area (Å²) in [6, 6.07) is 0. The molecule has 1 aliphatic carbocycles. The number of aliphatic carboxylic acids is 1. The van der Waals surface area contributed by atoms with E-state index in [-0.39, 0.29) is 17.3 Å². The summed E-state index contributed by atoms with van der Waals surface area (Å²) in [6.07, 6.45) is 2.24. The van der Waals surface area contributed by atoms with Gasteiger partial charge in [-0.3, -0.25) is 4.79 Å². The van der Waals surface area contributed by atoms with E-state index in [9.17, 15) is 9.59 Å². The molecule has 0 spiro atoms. The van der Waals surface area contributed by atoms with Crippen LogP contribution in [0.15, 0.2) is 0 Å². The van der Waals surface area contributed by atoms with Crippen LogP contribution in [-0.2, 0) is 9.59 Å². The van der Waals surface area contributed by atoms with Gasteiger partial charge < -0.3 is 9.90 Å². The molecule has 0 aromatic carbocycles. The van der Waals surface area contributed by atoms with E-state index in [4.69, 9.17) is 5.11 Å². The molecule has 0 saturated heterocycles. The number of carbonyl (C=O) groups excluding carboxylic acids is 1. The molecule has 1 aliphatic rings. The molecule has 0 aromatic rings. The Morgan fingerprint density at radius 1 is 1.50 bits per heavy atom. The van der Waals surface area contributed by atoms with Crippen molar-refractivity contribution in [3.05, 3.63) is 0 Å². The highest BCUT2D eigenvalue weighted by atomic mass is 16.4. The van der Waals surface area contributed by atoms with Gasteiger partial charge in [-0.1, -0.05) is 13.8 Å². The van der Waals surface area contributed by atoms with Crippen LogP contribution < -0.4 is 0 Å². The maximum atomic E-state index is 10.8. The van der Waals surface area contributed by atoms with Gasteiger partial charge in [0.2, 0.25) is 0 Å². The van der Waals surface area contributed by atoms with Crippen molar-refractivity contribution < 1.29 is 14.7 Å². The lowest BCUT2D eigenvalue weighted by Crippen LogP contribution is -2.31. The predicted octanol–water partition coefficient (Wildman–Crippen LogP) is 1.32. The molecule has 0 aliphatic heterocycles. The lowest BCUT2D eigenvalue weighted by Gasteiger charge is -2.27. The number of rotatable bonds is 2. The van der Waals surface area contributed by atoms with Crippen LogP contribution in [-0.4, -0.2) is 17.4 Å². The minimum Gasteiger partial charge on any atom is -0.481 e. The molecule has 1 rings (SSSR count). The Kier molecular flexibility index (Phi) is 2.22. The first kappa shape index (κ1) is 9.23. The fourth-order valence-electron chi connectivity index (χ4n) is 2.03. The summed E-state index contributed by atoms with van der Waals surface area (Å²) in [7, 11) is 0. The Hall–Kier alpha value is -0.860. The summed E-state index contributed by atoms with van der Waals surface area (Å²) in [5, 5.41) is 8.85. The van der Waals surface area contributed by atoms with Gasteiger partial charge >= 0.3 is 5.97 Å². The maximum absolute atomic E-state index is 10.8. The van der Waals surface area contributed by atoms with Crippen LogP contribution in [0.2, 0.25) is 0 Å². The molecular formula is C9H14O3. The molecule has 2 unspecified atom stereocenters. The summed E-state index contributed by atoms with van der Waals surface area (Å²) in [6.45, 7) is 3.72. The number of hydrogen-bond donors (Lipinski definition) is 1. The van der Waals surface area contributed by atoms with Crippen LogP contribution in [0.25, 0.3) is 0 Å². The van der Waals surface area contributed by atoms with Gasteiger partial charge in [0, 0.05) is 5.92 Å². The van der Waals surface area contributed by atoms with E-state index in [2.05, 4.69) is 0 Å². The van der Waals surface area contributed by atoms with E-state index >= 15 is 0 Å². The van der Waals surface area contributed by atoms with Gasteiger partial charge in [0.05, 0.1) is 5.92 Å². The van der Waals surface area contributed by atoms with Crippen molar-refractivity contribution in [3.63, 3.8) is 0 Å². The van der Waals surface area contributed by atoms with Crippen molar-refractivity contribution in [2.45, 2.75) is 26.7 Å². The van der Waals surface area contributed by atoms with Crippen molar-refractivity contribution in [1.29, 1.82) is 0 Å². The molecule has 0 amide bonds. The number of aldehydes is 1. The zero-order chi connectivity index (χ0) is 9.35. The molecule has 0 bridgehead atoms. The summed E-state index contributed by atoms with van der Waals surface area (Å²) >= 11 is 0. The van der Waals surface area contributed by atoms with Gasteiger partial charge in [-0.15, -0.1) is 0 Å². The Morgan fingerprint density at radius 3 is 2.33 bits per heavy atom. The third-order valence-electron chi connectivity index (χ3n) is 3.08. The number of carbonyl (C=O) groups is 2. The lowest BCUT2D eigenvalue weighted by atomic mass is 9.76. The highest BCUT2D eigenvalue weighted by molar-refractivity contribution is 5.73. The van der Waals surface area contributed by atoms with Crippen LogP contribution >= 0.6 is 0 Å². The van der Waals surface area contributed by atoms with Crippen molar-refractivity contribution in [1.82, 2.24) is 0 Å².